The normalized spacial score (nSPS) is 15.5. The zero-order valence-corrected chi connectivity index (χ0v) is 16.2. The highest BCUT2D eigenvalue weighted by atomic mass is 35.5. The Labute approximate surface area is 152 Å². The highest BCUT2D eigenvalue weighted by molar-refractivity contribution is 7.58. The van der Waals surface area contributed by atoms with Crippen LogP contribution in [-0.2, 0) is 20.6 Å². The summed E-state index contributed by atoms with van der Waals surface area (Å²) in [5.41, 5.74) is 0.894. The van der Waals surface area contributed by atoms with Crippen LogP contribution in [0.3, 0.4) is 0 Å². The maximum Gasteiger partial charge on any atom is 0.257 e. The summed E-state index contributed by atoms with van der Waals surface area (Å²) in [5, 5.41) is 13.9. The van der Waals surface area contributed by atoms with Crippen molar-refractivity contribution in [3.63, 3.8) is 0 Å². The predicted molar refractivity (Wildman–Crippen MR) is 95.9 cm³/mol. The zero-order valence-electron chi connectivity index (χ0n) is 13.7. The molecule has 0 bridgehead atoms. The van der Waals surface area contributed by atoms with Crippen molar-refractivity contribution in [2.24, 2.45) is 0 Å². The van der Waals surface area contributed by atoms with Crippen LogP contribution >= 0.6 is 30.6 Å². The molecule has 2 atom stereocenters. The van der Waals surface area contributed by atoms with E-state index in [0.717, 1.165) is 5.56 Å². The second-order valence-electron chi connectivity index (χ2n) is 5.19. The van der Waals surface area contributed by atoms with Gasteiger partial charge in [0.25, 0.3) is 7.37 Å². The average molecular weight is 400 g/mol. The lowest BCUT2D eigenvalue weighted by Gasteiger charge is -2.24. The van der Waals surface area contributed by atoms with Crippen molar-refractivity contribution < 1.29 is 24.0 Å². The number of hydrogen-bond donors (Lipinski definition) is 3. The van der Waals surface area contributed by atoms with Crippen LogP contribution in [0, 0.1) is 0 Å². The Morgan fingerprint density at radius 1 is 1.21 bits per heavy atom. The third kappa shape index (κ3) is 7.38. The van der Waals surface area contributed by atoms with Gasteiger partial charge in [-0.15, -0.1) is 0 Å². The van der Waals surface area contributed by atoms with Crippen LogP contribution in [0.4, 0.5) is 0 Å². The maximum atomic E-state index is 12.3. The number of aliphatic hydroxyl groups excluding tert-OH is 1. The van der Waals surface area contributed by atoms with E-state index in [2.05, 4.69) is 5.32 Å². The molecule has 1 aromatic carbocycles. The molecule has 3 N–H and O–H groups in total. The molecule has 0 saturated heterocycles. The van der Waals surface area contributed by atoms with Crippen LogP contribution in [0.2, 0.25) is 10.0 Å². The molecule has 138 valence electrons. The molecule has 1 aromatic rings. The topological polar surface area (TPSA) is 88.0 Å². The van der Waals surface area contributed by atoms with Gasteiger partial charge in [-0.1, -0.05) is 29.3 Å². The number of halogens is 2. The molecule has 24 heavy (non-hydrogen) atoms. The van der Waals surface area contributed by atoms with E-state index in [4.69, 9.17) is 32.7 Å². The van der Waals surface area contributed by atoms with Crippen molar-refractivity contribution >= 4 is 30.6 Å². The SMILES string of the molecule is CCOC(OCC)P(=O)(O)C[C@@H](O)CNCc1ccc(Cl)c(Cl)c1. The summed E-state index contributed by atoms with van der Waals surface area (Å²) >= 11 is 11.8. The first-order chi connectivity index (χ1) is 11.3. The summed E-state index contributed by atoms with van der Waals surface area (Å²) < 4.78 is 22.6. The Bertz CT molecular complexity index is 555. The van der Waals surface area contributed by atoms with E-state index in [1.807, 2.05) is 6.07 Å². The second kappa shape index (κ2) is 10.7. The number of aliphatic hydroxyl groups is 1. The van der Waals surface area contributed by atoms with Crippen LogP contribution in [0.5, 0.6) is 0 Å². The molecule has 0 heterocycles. The number of rotatable bonds is 11. The van der Waals surface area contributed by atoms with Crippen LogP contribution in [0.15, 0.2) is 18.2 Å². The first kappa shape index (κ1) is 21.9. The van der Waals surface area contributed by atoms with Crippen molar-refractivity contribution in [1.29, 1.82) is 0 Å². The van der Waals surface area contributed by atoms with Crippen molar-refractivity contribution in [1.82, 2.24) is 5.32 Å². The summed E-state index contributed by atoms with van der Waals surface area (Å²) in [6.45, 7) is 4.52. The third-order valence-electron chi connectivity index (χ3n) is 3.11. The Balaban J connectivity index is 2.47. The lowest BCUT2D eigenvalue weighted by Crippen LogP contribution is -2.31. The Hall–Kier alpha value is -0.170. The van der Waals surface area contributed by atoms with Gasteiger partial charge in [-0.2, -0.15) is 0 Å². The van der Waals surface area contributed by atoms with Crippen molar-refractivity contribution in [2.45, 2.75) is 32.5 Å². The lowest BCUT2D eigenvalue weighted by molar-refractivity contribution is -0.0876. The van der Waals surface area contributed by atoms with E-state index >= 15 is 0 Å². The van der Waals surface area contributed by atoms with Crippen molar-refractivity contribution in [3.05, 3.63) is 33.8 Å². The Kier molecular flexibility index (Phi) is 9.79. The molecule has 1 unspecified atom stereocenters. The fourth-order valence-corrected chi connectivity index (χ4v) is 4.04. The summed E-state index contributed by atoms with van der Waals surface area (Å²) in [4.78, 5) is 10.1. The first-order valence-corrected chi connectivity index (χ1v) is 10.3. The molecule has 1 rings (SSSR count). The lowest BCUT2D eigenvalue weighted by atomic mass is 10.2. The standard InChI is InChI=1S/C15H24Cl2NO5P/c1-3-22-15(23-4-2)24(20,21)10-12(19)9-18-8-11-5-6-13(16)14(17)7-11/h5-7,12,15,18-19H,3-4,8-10H2,1-2H3,(H,20,21)/t12-/m0/s1. The highest BCUT2D eigenvalue weighted by Crippen LogP contribution is 2.47. The van der Waals surface area contributed by atoms with Crippen molar-refractivity contribution in [3.8, 4) is 0 Å². The van der Waals surface area contributed by atoms with Gasteiger partial charge in [-0.25, -0.2) is 0 Å². The van der Waals surface area contributed by atoms with E-state index in [-0.39, 0.29) is 25.9 Å². The molecule has 0 radical (unpaired) electrons. The minimum absolute atomic E-state index is 0.149. The van der Waals surface area contributed by atoms with E-state index in [9.17, 15) is 14.6 Å². The van der Waals surface area contributed by atoms with Gasteiger partial charge in [-0.3, -0.25) is 4.57 Å². The van der Waals surface area contributed by atoms with Crippen LogP contribution in [0.25, 0.3) is 0 Å². The minimum Gasteiger partial charge on any atom is -0.391 e. The predicted octanol–water partition coefficient (Wildman–Crippen LogP) is 3.07. The molecular formula is C15H24Cl2NO5P. The quantitative estimate of drug-likeness (QED) is 0.391. The number of nitrogens with one attached hydrogen (secondary N) is 1. The molecule has 0 aliphatic rings. The fourth-order valence-electron chi connectivity index (χ4n) is 2.05. The molecule has 0 aliphatic heterocycles. The summed E-state index contributed by atoms with van der Waals surface area (Å²) in [6, 6.07) is 4.01. The molecule has 0 aliphatic carbocycles. The largest absolute Gasteiger partial charge is 0.391 e. The van der Waals surface area contributed by atoms with Gasteiger partial charge in [0, 0.05) is 26.3 Å². The van der Waals surface area contributed by atoms with Gasteiger partial charge in [0.05, 0.1) is 22.3 Å². The number of benzene rings is 1. The summed E-state index contributed by atoms with van der Waals surface area (Å²) in [5.74, 6) is 0. The van der Waals surface area contributed by atoms with Crippen molar-refractivity contribution in [2.75, 3.05) is 25.9 Å². The Morgan fingerprint density at radius 2 is 1.83 bits per heavy atom. The highest BCUT2D eigenvalue weighted by Gasteiger charge is 2.34. The summed E-state index contributed by atoms with van der Waals surface area (Å²) in [7, 11) is -3.79. The monoisotopic (exact) mass is 399 g/mol. The van der Waals surface area contributed by atoms with E-state index < -0.39 is 19.5 Å². The second-order valence-corrected chi connectivity index (χ2v) is 8.30. The molecule has 0 aromatic heterocycles. The van der Waals surface area contributed by atoms with E-state index in [1.165, 1.54) is 0 Å². The molecule has 9 heteroatoms. The zero-order chi connectivity index (χ0) is 18.2. The van der Waals surface area contributed by atoms with Gasteiger partial charge in [0.15, 0.2) is 0 Å². The Morgan fingerprint density at radius 3 is 2.38 bits per heavy atom. The van der Waals surface area contributed by atoms with Gasteiger partial charge >= 0.3 is 0 Å². The molecule has 6 nitrogen and oxygen atoms in total. The van der Waals surface area contributed by atoms with Crippen LogP contribution in [-0.4, -0.2) is 48.1 Å². The molecule has 0 saturated carbocycles. The van der Waals surface area contributed by atoms with Gasteiger partial charge in [0.2, 0.25) is 6.03 Å². The molecular weight excluding hydrogens is 376 g/mol. The number of ether oxygens (including phenoxy) is 2. The molecule has 0 amide bonds. The van der Waals surface area contributed by atoms with Gasteiger partial charge in [0.1, 0.15) is 0 Å². The van der Waals surface area contributed by atoms with Gasteiger partial charge < -0.3 is 24.8 Å². The maximum absolute atomic E-state index is 12.3. The van der Waals surface area contributed by atoms with Crippen LogP contribution < -0.4 is 5.32 Å². The minimum atomic E-state index is -3.79. The van der Waals surface area contributed by atoms with E-state index in [1.54, 1.807) is 26.0 Å². The van der Waals surface area contributed by atoms with Gasteiger partial charge in [-0.05, 0) is 31.5 Å². The smallest absolute Gasteiger partial charge is 0.257 e. The average Bonchev–Trinajstić information content (AvgIpc) is 2.50. The fraction of sp³-hybridized carbons (Fsp3) is 0.600. The molecule has 0 spiro atoms. The number of hydrogen-bond acceptors (Lipinski definition) is 5. The first-order valence-electron chi connectivity index (χ1n) is 7.67. The third-order valence-corrected chi connectivity index (χ3v) is 5.75. The van der Waals surface area contributed by atoms with Crippen LogP contribution in [0.1, 0.15) is 19.4 Å². The van der Waals surface area contributed by atoms with E-state index in [0.29, 0.717) is 16.6 Å². The summed E-state index contributed by atoms with van der Waals surface area (Å²) in [6.07, 6.45) is -1.32. The molecule has 0 fully saturated rings.